The van der Waals surface area contributed by atoms with Crippen molar-refractivity contribution in [3.05, 3.63) is 46.5 Å². The Hall–Kier alpha value is -1.16. The van der Waals surface area contributed by atoms with Gasteiger partial charge in [0.2, 0.25) is 0 Å². The molecule has 0 radical (unpaired) electrons. The maximum atomic E-state index is 9.60. The van der Waals surface area contributed by atoms with Crippen LogP contribution in [0.3, 0.4) is 0 Å². The van der Waals surface area contributed by atoms with E-state index in [1.807, 2.05) is 0 Å². The van der Waals surface area contributed by atoms with Gasteiger partial charge in [-0.05, 0) is 54.0 Å². The van der Waals surface area contributed by atoms with Gasteiger partial charge in [-0.3, -0.25) is 4.90 Å². The molecule has 128 valence electrons. The van der Waals surface area contributed by atoms with E-state index in [1.165, 1.54) is 11.1 Å². The van der Waals surface area contributed by atoms with Crippen molar-refractivity contribution < 1.29 is 10.2 Å². The first kappa shape index (κ1) is 18.2. The van der Waals surface area contributed by atoms with E-state index in [2.05, 4.69) is 50.0 Å². The summed E-state index contributed by atoms with van der Waals surface area (Å²) in [5.41, 5.74) is 4.39. The van der Waals surface area contributed by atoms with Gasteiger partial charge in [0.05, 0.1) is 13.2 Å². The summed E-state index contributed by atoms with van der Waals surface area (Å²) in [6.45, 7) is 8.79. The minimum atomic E-state index is -0.00872. The van der Waals surface area contributed by atoms with E-state index in [0.717, 1.165) is 43.5 Å². The number of nitrogens with zero attached hydrogens (tertiary/aromatic N) is 1. The second kappa shape index (κ2) is 8.62. The number of aliphatic hydroxyl groups is 2. The molecule has 0 spiro atoms. The predicted molar refractivity (Wildman–Crippen MR) is 95.2 cm³/mol. The Bertz CT molecular complexity index is 537. The number of rotatable bonds is 7. The van der Waals surface area contributed by atoms with E-state index in [1.54, 1.807) is 0 Å². The van der Waals surface area contributed by atoms with Crippen LogP contribution in [0, 0.1) is 5.92 Å². The number of fused-ring (bicyclic) bond motifs is 1. The third kappa shape index (κ3) is 4.43. The molecule has 0 amide bonds. The van der Waals surface area contributed by atoms with E-state index in [0.29, 0.717) is 12.0 Å². The van der Waals surface area contributed by atoms with Gasteiger partial charge in [-0.1, -0.05) is 45.1 Å². The third-order valence-electron chi connectivity index (χ3n) is 4.81. The van der Waals surface area contributed by atoms with Crippen molar-refractivity contribution >= 4 is 0 Å². The lowest BCUT2D eigenvalue weighted by atomic mass is 9.87. The van der Waals surface area contributed by atoms with Gasteiger partial charge in [0.25, 0.3) is 0 Å². The molecule has 3 nitrogen and oxygen atoms in total. The number of hydrogen-bond acceptors (Lipinski definition) is 3. The topological polar surface area (TPSA) is 43.7 Å². The van der Waals surface area contributed by atoms with Crippen LogP contribution in [-0.4, -0.2) is 28.2 Å². The van der Waals surface area contributed by atoms with Gasteiger partial charge in [0.1, 0.15) is 0 Å². The van der Waals surface area contributed by atoms with Crippen molar-refractivity contribution in [3.63, 3.8) is 0 Å². The SMILES string of the molecule is CCN1CCc2cc(CO)c(CO)cc2[C@H]1C/C=C/CC(C)C. The Labute approximate surface area is 140 Å². The van der Waals surface area contributed by atoms with E-state index >= 15 is 0 Å². The maximum Gasteiger partial charge on any atom is 0.0685 e. The minimum Gasteiger partial charge on any atom is -0.392 e. The van der Waals surface area contributed by atoms with Gasteiger partial charge in [-0.2, -0.15) is 0 Å². The Morgan fingerprint density at radius 2 is 1.87 bits per heavy atom. The molecular formula is C20H31NO2. The highest BCUT2D eigenvalue weighted by Gasteiger charge is 2.26. The molecule has 0 aliphatic carbocycles. The fourth-order valence-electron chi connectivity index (χ4n) is 3.45. The average Bonchev–Trinajstić information content (AvgIpc) is 2.56. The van der Waals surface area contributed by atoms with Gasteiger partial charge >= 0.3 is 0 Å². The molecule has 1 aromatic carbocycles. The van der Waals surface area contributed by atoms with Crippen LogP contribution in [-0.2, 0) is 19.6 Å². The first-order valence-corrected chi connectivity index (χ1v) is 8.86. The molecular weight excluding hydrogens is 286 g/mol. The fourth-order valence-corrected chi connectivity index (χ4v) is 3.45. The lowest BCUT2D eigenvalue weighted by molar-refractivity contribution is 0.195. The van der Waals surface area contributed by atoms with Crippen LogP contribution >= 0.6 is 0 Å². The zero-order valence-electron chi connectivity index (χ0n) is 14.8. The van der Waals surface area contributed by atoms with Crippen LogP contribution in [0.4, 0.5) is 0 Å². The second-order valence-corrected chi connectivity index (χ2v) is 6.87. The molecule has 23 heavy (non-hydrogen) atoms. The molecule has 1 aliphatic rings. The van der Waals surface area contributed by atoms with E-state index in [9.17, 15) is 10.2 Å². The van der Waals surface area contributed by atoms with Crippen molar-refractivity contribution in [2.24, 2.45) is 5.92 Å². The number of likely N-dealkylation sites (N-methyl/N-ethyl adjacent to an activating group) is 1. The smallest absolute Gasteiger partial charge is 0.0685 e. The van der Waals surface area contributed by atoms with E-state index in [-0.39, 0.29) is 13.2 Å². The summed E-state index contributed by atoms with van der Waals surface area (Å²) in [5, 5.41) is 19.1. The summed E-state index contributed by atoms with van der Waals surface area (Å²) in [4.78, 5) is 2.52. The van der Waals surface area contributed by atoms with Crippen molar-refractivity contribution in [1.29, 1.82) is 0 Å². The molecule has 2 rings (SSSR count). The Morgan fingerprint density at radius 1 is 1.17 bits per heavy atom. The standard InChI is InChI=1S/C20H31NO2/c1-4-21-10-9-16-11-17(13-22)18(14-23)12-19(16)20(21)8-6-5-7-15(2)3/h5-6,11-12,15,20,22-23H,4,7-10,13-14H2,1-3H3/b6-5+/t20-/m1/s1. The van der Waals surface area contributed by atoms with Crippen LogP contribution in [0.5, 0.6) is 0 Å². The number of hydrogen-bond donors (Lipinski definition) is 2. The molecule has 2 N–H and O–H groups in total. The van der Waals surface area contributed by atoms with E-state index < -0.39 is 0 Å². The zero-order valence-corrected chi connectivity index (χ0v) is 14.8. The molecule has 0 bridgehead atoms. The van der Waals surface area contributed by atoms with Gasteiger partial charge in [-0.15, -0.1) is 0 Å². The Kier molecular flexibility index (Phi) is 6.82. The van der Waals surface area contributed by atoms with Crippen molar-refractivity contribution in [2.75, 3.05) is 13.1 Å². The highest BCUT2D eigenvalue weighted by molar-refractivity contribution is 5.41. The molecule has 0 fully saturated rings. The highest BCUT2D eigenvalue weighted by atomic mass is 16.3. The second-order valence-electron chi connectivity index (χ2n) is 6.87. The van der Waals surface area contributed by atoms with Crippen LogP contribution in [0.25, 0.3) is 0 Å². The monoisotopic (exact) mass is 317 g/mol. The van der Waals surface area contributed by atoms with Crippen molar-refractivity contribution in [3.8, 4) is 0 Å². The van der Waals surface area contributed by atoms with Gasteiger partial charge in [0, 0.05) is 12.6 Å². The lowest BCUT2D eigenvalue weighted by Gasteiger charge is -2.37. The molecule has 1 heterocycles. The molecule has 0 saturated heterocycles. The molecule has 1 aromatic rings. The molecule has 0 saturated carbocycles. The third-order valence-corrected chi connectivity index (χ3v) is 4.81. The summed E-state index contributed by atoms with van der Waals surface area (Å²) in [6, 6.07) is 4.59. The number of benzene rings is 1. The van der Waals surface area contributed by atoms with E-state index in [4.69, 9.17) is 0 Å². The molecule has 3 heteroatoms. The number of allylic oxidation sites excluding steroid dienone is 1. The fraction of sp³-hybridized carbons (Fsp3) is 0.600. The molecule has 1 atom stereocenters. The summed E-state index contributed by atoms with van der Waals surface area (Å²) in [5.74, 6) is 0.695. The minimum absolute atomic E-state index is 0.000374. The Balaban J connectivity index is 2.27. The average molecular weight is 317 g/mol. The van der Waals surface area contributed by atoms with Gasteiger partial charge in [0.15, 0.2) is 0 Å². The predicted octanol–water partition coefficient (Wildman–Crippen LogP) is 3.58. The van der Waals surface area contributed by atoms with Crippen LogP contribution < -0.4 is 0 Å². The largest absolute Gasteiger partial charge is 0.392 e. The number of aliphatic hydroxyl groups excluding tert-OH is 2. The Morgan fingerprint density at radius 3 is 2.48 bits per heavy atom. The van der Waals surface area contributed by atoms with Gasteiger partial charge in [-0.25, -0.2) is 0 Å². The molecule has 0 unspecified atom stereocenters. The first-order chi connectivity index (χ1) is 11.1. The normalized spacial score (nSPS) is 18.8. The maximum absolute atomic E-state index is 9.60. The molecule has 1 aliphatic heterocycles. The summed E-state index contributed by atoms with van der Waals surface area (Å²) in [6.07, 6.45) is 7.75. The quantitative estimate of drug-likeness (QED) is 0.755. The van der Waals surface area contributed by atoms with Crippen LogP contribution in [0.1, 0.15) is 61.9 Å². The summed E-state index contributed by atoms with van der Waals surface area (Å²) < 4.78 is 0. The van der Waals surface area contributed by atoms with Crippen molar-refractivity contribution in [2.45, 2.75) is 59.3 Å². The summed E-state index contributed by atoms with van der Waals surface area (Å²) >= 11 is 0. The summed E-state index contributed by atoms with van der Waals surface area (Å²) in [7, 11) is 0. The first-order valence-electron chi connectivity index (χ1n) is 8.86. The van der Waals surface area contributed by atoms with Crippen LogP contribution in [0.2, 0.25) is 0 Å². The zero-order chi connectivity index (χ0) is 16.8. The van der Waals surface area contributed by atoms with Gasteiger partial charge < -0.3 is 10.2 Å². The van der Waals surface area contributed by atoms with Crippen LogP contribution in [0.15, 0.2) is 24.3 Å². The molecule has 0 aromatic heterocycles. The lowest BCUT2D eigenvalue weighted by Crippen LogP contribution is -2.35. The highest BCUT2D eigenvalue weighted by Crippen LogP contribution is 2.34. The van der Waals surface area contributed by atoms with Crippen molar-refractivity contribution in [1.82, 2.24) is 4.90 Å².